The van der Waals surface area contributed by atoms with Crippen molar-refractivity contribution >= 4 is 23.3 Å². The molecule has 1 atom stereocenters. The van der Waals surface area contributed by atoms with Gasteiger partial charge in [-0.3, -0.25) is 9.20 Å². The van der Waals surface area contributed by atoms with Crippen molar-refractivity contribution in [1.82, 2.24) is 19.7 Å². The van der Waals surface area contributed by atoms with Gasteiger partial charge in [0, 0.05) is 36.9 Å². The predicted molar refractivity (Wildman–Crippen MR) is 60.1 cm³/mol. The number of carbonyl (C=O) groups is 1. The van der Waals surface area contributed by atoms with E-state index in [0.717, 1.165) is 5.56 Å². The number of hydrogen-bond acceptors (Lipinski definition) is 3. The van der Waals surface area contributed by atoms with Crippen LogP contribution < -0.4 is 5.32 Å². The van der Waals surface area contributed by atoms with Gasteiger partial charge in [0.15, 0.2) is 0 Å². The minimum atomic E-state index is -0.523. The van der Waals surface area contributed by atoms with E-state index in [1.165, 1.54) is 0 Å². The highest BCUT2D eigenvalue weighted by Crippen LogP contribution is 2.01. The maximum Gasteiger partial charge on any atom is 0.238 e. The van der Waals surface area contributed by atoms with Crippen LogP contribution in [0.25, 0.3) is 5.78 Å². The van der Waals surface area contributed by atoms with Gasteiger partial charge in [0.1, 0.15) is 5.38 Å². The molecule has 1 amide bonds. The minimum absolute atomic E-state index is 0.188. The van der Waals surface area contributed by atoms with E-state index in [2.05, 4.69) is 15.3 Å². The first-order valence-electron chi connectivity index (χ1n) is 4.86. The molecule has 84 valence electrons. The van der Waals surface area contributed by atoms with Crippen LogP contribution in [0.5, 0.6) is 0 Å². The molecule has 2 rings (SSSR count). The number of rotatable bonds is 3. The molecule has 6 heteroatoms. The molecule has 0 aromatic carbocycles. The maximum absolute atomic E-state index is 11.2. The lowest BCUT2D eigenvalue weighted by Crippen LogP contribution is -2.29. The molecule has 0 aliphatic heterocycles. The van der Waals surface area contributed by atoms with Crippen molar-refractivity contribution in [2.24, 2.45) is 0 Å². The highest BCUT2D eigenvalue weighted by molar-refractivity contribution is 6.30. The van der Waals surface area contributed by atoms with E-state index in [9.17, 15) is 4.79 Å². The summed E-state index contributed by atoms with van der Waals surface area (Å²) in [6.45, 7) is 2.05. The third-order valence-corrected chi connectivity index (χ3v) is 2.33. The first kappa shape index (κ1) is 10.9. The summed E-state index contributed by atoms with van der Waals surface area (Å²) in [5, 5.41) is 2.19. The van der Waals surface area contributed by atoms with E-state index in [4.69, 9.17) is 11.6 Å². The number of nitrogens with one attached hydrogen (secondary N) is 1. The summed E-state index contributed by atoms with van der Waals surface area (Å²) in [7, 11) is 0. The maximum atomic E-state index is 11.2. The molecule has 0 aliphatic rings. The van der Waals surface area contributed by atoms with Crippen molar-refractivity contribution in [1.29, 1.82) is 0 Å². The second-order valence-electron chi connectivity index (χ2n) is 3.43. The van der Waals surface area contributed by atoms with Gasteiger partial charge in [-0.15, -0.1) is 11.6 Å². The van der Waals surface area contributed by atoms with Gasteiger partial charge in [0.2, 0.25) is 11.7 Å². The first-order chi connectivity index (χ1) is 7.66. The van der Waals surface area contributed by atoms with Gasteiger partial charge in [-0.1, -0.05) is 0 Å². The van der Waals surface area contributed by atoms with Gasteiger partial charge < -0.3 is 5.32 Å². The molecule has 0 aliphatic carbocycles. The third-order valence-electron chi connectivity index (χ3n) is 2.13. The standard InChI is InChI=1S/C10H11ClN4O/c1-7(11)9(16)13-4-8-5-14-10-12-2-3-15(10)6-8/h2-3,5-7H,4H2,1H3,(H,13,16). The average molecular weight is 239 g/mol. The number of amides is 1. The summed E-state index contributed by atoms with van der Waals surface area (Å²) < 4.78 is 1.80. The van der Waals surface area contributed by atoms with Gasteiger partial charge in [0.25, 0.3) is 0 Å². The van der Waals surface area contributed by atoms with E-state index in [-0.39, 0.29) is 5.91 Å². The van der Waals surface area contributed by atoms with Crippen molar-refractivity contribution in [2.75, 3.05) is 0 Å². The van der Waals surface area contributed by atoms with E-state index < -0.39 is 5.38 Å². The Bertz CT molecular complexity index is 508. The molecule has 2 heterocycles. The summed E-state index contributed by atoms with van der Waals surface area (Å²) in [5.74, 6) is 0.452. The summed E-state index contributed by atoms with van der Waals surface area (Å²) >= 11 is 5.63. The number of nitrogens with zero attached hydrogens (tertiary/aromatic N) is 3. The molecule has 2 aromatic heterocycles. The molecule has 0 saturated heterocycles. The van der Waals surface area contributed by atoms with E-state index in [1.54, 1.807) is 29.9 Å². The largest absolute Gasteiger partial charge is 0.351 e. The van der Waals surface area contributed by atoms with Crippen LogP contribution in [0.4, 0.5) is 0 Å². The SMILES string of the molecule is CC(Cl)C(=O)NCc1cnc2nccn2c1. The molecule has 1 N–H and O–H groups in total. The van der Waals surface area contributed by atoms with E-state index in [0.29, 0.717) is 12.3 Å². The zero-order valence-corrected chi connectivity index (χ0v) is 9.48. The summed E-state index contributed by atoms with van der Waals surface area (Å²) in [6.07, 6.45) is 7.03. The van der Waals surface area contributed by atoms with Crippen LogP contribution in [-0.4, -0.2) is 25.7 Å². The van der Waals surface area contributed by atoms with Crippen molar-refractivity contribution in [2.45, 2.75) is 18.8 Å². The lowest BCUT2D eigenvalue weighted by atomic mass is 10.3. The molecular formula is C10H11ClN4O. The number of carbonyl (C=O) groups excluding carboxylic acids is 1. The summed E-state index contributed by atoms with van der Waals surface area (Å²) in [6, 6.07) is 0. The monoisotopic (exact) mass is 238 g/mol. The quantitative estimate of drug-likeness (QED) is 0.811. The first-order valence-corrected chi connectivity index (χ1v) is 5.30. The zero-order chi connectivity index (χ0) is 11.5. The van der Waals surface area contributed by atoms with Crippen LogP contribution in [-0.2, 0) is 11.3 Å². The lowest BCUT2D eigenvalue weighted by Gasteiger charge is -2.06. The van der Waals surface area contributed by atoms with Crippen LogP contribution in [0, 0.1) is 0 Å². The molecular weight excluding hydrogens is 228 g/mol. The van der Waals surface area contributed by atoms with Crippen molar-refractivity contribution in [3.8, 4) is 0 Å². The molecule has 0 bridgehead atoms. The van der Waals surface area contributed by atoms with Crippen molar-refractivity contribution in [3.05, 3.63) is 30.4 Å². The topological polar surface area (TPSA) is 59.3 Å². The fourth-order valence-corrected chi connectivity index (χ4v) is 1.36. The molecule has 0 spiro atoms. The molecule has 2 aromatic rings. The third kappa shape index (κ3) is 2.30. The second-order valence-corrected chi connectivity index (χ2v) is 4.09. The number of hydrogen-bond donors (Lipinski definition) is 1. The highest BCUT2D eigenvalue weighted by atomic mass is 35.5. The Labute approximate surface area is 97.5 Å². The Morgan fingerprint density at radius 1 is 1.62 bits per heavy atom. The number of aromatic nitrogens is 3. The smallest absolute Gasteiger partial charge is 0.238 e. The Balaban J connectivity index is 2.06. The lowest BCUT2D eigenvalue weighted by molar-refractivity contribution is -0.120. The Kier molecular flexibility index (Phi) is 3.05. The second kappa shape index (κ2) is 4.49. The Morgan fingerprint density at radius 2 is 2.44 bits per heavy atom. The van der Waals surface area contributed by atoms with Crippen LogP contribution in [0.2, 0.25) is 0 Å². The summed E-state index contributed by atoms with van der Waals surface area (Å²) in [5.41, 5.74) is 0.899. The van der Waals surface area contributed by atoms with Gasteiger partial charge >= 0.3 is 0 Å². The van der Waals surface area contributed by atoms with Crippen molar-refractivity contribution in [3.63, 3.8) is 0 Å². The van der Waals surface area contributed by atoms with Gasteiger partial charge in [-0.05, 0) is 6.92 Å². The number of fused-ring (bicyclic) bond motifs is 1. The van der Waals surface area contributed by atoms with Crippen LogP contribution >= 0.6 is 11.6 Å². The number of alkyl halides is 1. The Hall–Kier alpha value is -1.62. The van der Waals surface area contributed by atoms with Crippen LogP contribution in [0.15, 0.2) is 24.8 Å². The fraction of sp³-hybridized carbons (Fsp3) is 0.300. The molecule has 1 unspecified atom stereocenters. The minimum Gasteiger partial charge on any atom is -0.351 e. The van der Waals surface area contributed by atoms with Crippen LogP contribution in [0.1, 0.15) is 12.5 Å². The number of imidazole rings is 1. The normalized spacial score (nSPS) is 12.6. The molecule has 5 nitrogen and oxygen atoms in total. The van der Waals surface area contributed by atoms with E-state index in [1.807, 2.05) is 6.20 Å². The summed E-state index contributed by atoms with van der Waals surface area (Å²) in [4.78, 5) is 19.4. The zero-order valence-electron chi connectivity index (χ0n) is 8.72. The molecule has 16 heavy (non-hydrogen) atoms. The van der Waals surface area contributed by atoms with Crippen LogP contribution in [0.3, 0.4) is 0 Å². The average Bonchev–Trinajstić information content (AvgIpc) is 2.72. The van der Waals surface area contributed by atoms with E-state index >= 15 is 0 Å². The van der Waals surface area contributed by atoms with Crippen molar-refractivity contribution < 1.29 is 4.79 Å². The highest BCUT2D eigenvalue weighted by Gasteiger charge is 2.08. The van der Waals surface area contributed by atoms with Gasteiger partial charge in [-0.2, -0.15) is 0 Å². The van der Waals surface area contributed by atoms with Gasteiger partial charge in [-0.25, -0.2) is 9.97 Å². The van der Waals surface area contributed by atoms with Gasteiger partial charge in [0.05, 0.1) is 0 Å². The fourth-order valence-electron chi connectivity index (χ4n) is 1.28. The predicted octanol–water partition coefficient (Wildman–Crippen LogP) is 0.973. The molecule has 0 saturated carbocycles. The Morgan fingerprint density at radius 3 is 3.19 bits per heavy atom. The number of halogens is 1. The molecule has 0 fully saturated rings. The molecule has 0 radical (unpaired) electrons.